The maximum absolute atomic E-state index is 11.4. The van der Waals surface area contributed by atoms with Crippen LogP contribution in [-0.4, -0.2) is 22.3 Å². The fourth-order valence-electron chi connectivity index (χ4n) is 5.37. The van der Waals surface area contributed by atoms with Gasteiger partial charge in [0.15, 0.2) is 0 Å². The van der Waals surface area contributed by atoms with Gasteiger partial charge in [-0.15, -0.1) is 0 Å². The second-order valence-corrected chi connectivity index (χ2v) is 9.60. The summed E-state index contributed by atoms with van der Waals surface area (Å²) in [6.07, 6.45) is -0.583. The molecule has 0 aliphatic rings. The van der Waals surface area contributed by atoms with E-state index in [0.29, 0.717) is 13.1 Å². The molecule has 0 aliphatic carbocycles. The number of para-hydroxylation sites is 1. The van der Waals surface area contributed by atoms with Crippen molar-refractivity contribution in [1.29, 1.82) is 0 Å². The number of nitrogens with one attached hydrogen (secondary N) is 1. The first-order valence-electron chi connectivity index (χ1n) is 12.8. The maximum Gasteiger partial charge on any atom is 0.0891 e. The van der Waals surface area contributed by atoms with Gasteiger partial charge >= 0.3 is 0 Å². The van der Waals surface area contributed by atoms with Crippen molar-refractivity contribution in [2.45, 2.75) is 19.6 Å². The standard InChI is InChI=1S/C34H30N2O/c1-24-12-8-11-19-31(24)35-22-28(37)23-36-33(27-16-6-3-7-17-27)32(26-14-4-2-5-15-26)30-21-20-25-13-9-10-18-29(25)34(30)36/h2-21,28,35,37H,22-23H2,1H3. The van der Waals surface area contributed by atoms with Gasteiger partial charge in [-0.25, -0.2) is 0 Å². The van der Waals surface area contributed by atoms with Crippen LogP contribution in [-0.2, 0) is 6.54 Å². The number of benzene rings is 5. The van der Waals surface area contributed by atoms with E-state index >= 15 is 0 Å². The second-order valence-electron chi connectivity index (χ2n) is 9.60. The lowest BCUT2D eigenvalue weighted by Crippen LogP contribution is -2.25. The van der Waals surface area contributed by atoms with Gasteiger partial charge in [0.05, 0.1) is 23.9 Å². The van der Waals surface area contributed by atoms with Crippen LogP contribution in [0.3, 0.4) is 0 Å². The molecule has 0 fully saturated rings. The Kier molecular flexibility index (Phi) is 6.21. The highest BCUT2D eigenvalue weighted by molar-refractivity contribution is 6.15. The van der Waals surface area contributed by atoms with Crippen LogP contribution in [0.2, 0.25) is 0 Å². The smallest absolute Gasteiger partial charge is 0.0891 e. The quantitative estimate of drug-likeness (QED) is 0.243. The highest BCUT2D eigenvalue weighted by atomic mass is 16.3. The largest absolute Gasteiger partial charge is 0.389 e. The molecule has 37 heavy (non-hydrogen) atoms. The zero-order chi connectivity index (χ0) is 25.2. The van der Waals surface area contributed by atoms with E-state index < -0.39 is 6.10 Å². The van der Waals surface area contributed by atoms with E-state index in [0.717, 1.165) is 22.5 Å². The Bertz CT molecular complexity index is 1670. The molecule has 0 radical (unpaired) electrons. The van der Waals surface area contributed by atoms with Crippen molar-refractivity contribution in [3.63, 3.8) is 0 Å². The minimum atomic E-state index is -0.583. The molecule has 182 valence electrons. The van der Waals surface area contributed by atoms with Gasteiger partial charge < -0.3 is 15.0 Å². The second kappa shape index (κ2) is 9.96. The molecule has 0 spiro atoms. The van der Waals surface area contributed by atoms with E-state index in [1.54, 1.807) is 0 Å². The fraction of sp³-hybridized carbons (Fsp3) is 0.118. The summed E-state index contributed by atoms with van der Waals surface area (Å²) < 4.78 is 2.33. The van der Waals surface area contributed by atoms with Gasteiger partial charge in [0.2, 0.25) is 0 Å². The van der Waals surface area contributed by atoms with Crippen LogP contribution in [0.15, 0.2) is 121 Å². The van der Waals surface area contributed by atoms with Crippen molar-refractivity contribution in [1.82, 2.24) is 4.57 Å². The predicted octanol–water partition coefficient (Wildman–Crippen LogP) is 7.91. The summed E-state index contributed by atoms with van der Waals surface area (Å²) in [4.78, 5) is 0. The molecule has 3 nitrogen and oxygen atoms in total. The van der Waals surface area contributed by atoms with E-state index in [-0.39, 0.29) is 0 Å². The molecule has 1 unspecified atom stereocenters. The van der Waals surface area contributed by atoms with Crippen molar-refractivity contribution in [3.8, 4) is 22.4 Å². The minimum absolute atomic E-state index is 0.462. The van der Waals surface area contributed by atoms with Crippen LogP contribution in [0.5, 0.6) is 0 Å². The third kappa shape index (κ3) is 4.39. The summed E-state index contributed by atoms with van der Waals surface area (Å²) in [5, 5.41) is 18.4. The molecule has 0 aliphatic heterocycles. The lowest BCUT2D eigenvalue weighted by molar-refractivity contribution is 0.169. The Morgan fingerprint density at radius 3 is 2.08 bits per heavy atom. The Balaban J connectivity index is 1.55. The lowest BCUT2D eigenvalue weighted by Gasteiger charge is -2.19. The van der Waals surface area contributed by atoms with Crippen molar-refractivity contribution < 1.29 is 5.11 Å². The topological polar surface area (TPSA) is 37.2 Å². The molecule has 0 bridgehead atoms. The SMILES string of the molecule is Cc1ccccc1NCC(O)Cn1c(-c2ccccc2)c(-c2ccccc2)c2ccc3ccccc3c21. The van der Waals surface area contributed by atoms with Gasteiger partial charge in [-0.05, 0) is 35.1 Å². The third-order valence-corrected chi connectivity index (χ3v) is 7.12. The van der Waals surface area contributed by atoms with Crippen LogP contribution in [0.25, 0.3) is 44.1 Å². The van der Waals surface area contributed by atoms with Gasteiger partial charge in [-0.3, -0.25) is 0 Å². The average molecular weight is 483 g/mol. The molecule has 6 aromatic rings. The molecule has 3 heteroatoms. The predicted molar refractivity (Wildman–Crippen MR) is 156 cm³/mol. The molecule has 1 aromatic heterocycles. The molecule has 0 saturated heterocycles. The minimum Gasteiger partial charge on any atom is -0.389 e. The molecular formula is C34H30N2O. The monoisotopic (exact) mass is 482 g/mol. The molecule has 0 amide bonds. The van der Waals surface area contributed by atoms with Gasteiger partial charge in [0, 0.05) is 28.6 Å². The van der Waals surface area contributed by atoms with Gasteiger partial charge in [0.25, 0.3) is 0 Å². The summed E-state index contributed by atoms with van der Waals surface area (Å²) in [6, 6.07) is 42.3. The first-order chi connectivity index (χ1) is 18.2. The molecular weight excluding hydrogens is 452 g/mol. The average Bonchev–Trinajstić information content (AvgIpc) is 3.28. The van der Waals surface area contributed by atoms with Crippen molar-refractivity contribution in [3.05, 3.63) is 127 Å². The molecule has 5 aromatic carbocycles. The number of aromatic nitrogens is 1. The van der Waals surface area contributed by atoms with Crippen LogP contribution < -0.4 is 5.32 Å². The van der Waals surface area contributed by atoms with Gasteiger partial charge in [-0.2, -0.15) is 0 Å². The van der Waals surface area contributed by atoms with Gasteiger partial charge in [-0.1, -0.05) is 115 Å². The number of hydrogen-bond donors (Lipinski definition) is 2. The van der Waals surface area contributed by atoms with E-state index in [1.807, 2.05) is 12.1 Å². The zero-order valence-corrected chi connectivity index (χ0v) is 20.9. The molecule has 1 atom stereocenters. The van der Waals surface area contributed by atoms with Crippen LogP contribution in [0, 0.1) is 6.92 Å². The summed E-state index contributed by atoms with van der Waals surface area (Å²) in [7, 11) is 0. The third-order valence-electron chi connectivity index (χ3n) is 7.12. The van der Waals surface area contributed by atoms with E-state index in [4.69, 9.17) is 0 Å². The summed E-state index contributed by atoms with van der Waals surface area (Å²) >= 11 is 0. The lowest BCUT2D eigenvalue weighted by atomic mass is 9.97. The highest BCUT2D eigenvalue weighted by Crippen LogP contribution is 2.43. The van der Waals surface area contributed by atoms with Crippen molar-refractivity contribution >= 4 is 27.4 Å². The van der Waals surface area contributed by atoms with E-state index in [1.165, 1.54) is 32.8 Å². The van der Waals surface area contributed by atoms with Crippen LogP contribution >= 0.6 is 0 Å². The number of anilines is 1. The molecule has 1 heterocycles. The number of rotatable bonds is 7. The number of nitrogens with zero attached hydrogens (tertiary/aromatic N) is 1. The van der Waals surface area contributed by atoms with Gasteiger partial charge in [0.1, 0.15) is 0 Å². The number of hydrogen-bond acceptors (Lipinski definition) is 2. The van der Waals surface area contributed by atoms with Crippen molar-refractivity contribution in [2.75, 3.05) is 11.9 Å². The van der Waals surface area contributed by atoms with Crippen LogP contribution in [0.4, 0.5) is 5.69 Å². The number of aryl methyl sites for hydroxylation is 1. The fourth-order valence-corrected chi connectivity index (χ4v) is 5.37. The Hall–Kier alpha value is -4.34. The normalized spacial score (nSPS) is 12.2. The summed E-state index contributed by atoms with van der Waals surface area (Å²) in [5.74, 6) is 0. The van der Waals surface area contributed by atoms with Crippen molar-refractivity contribution in [2.24, 2.45) is 0 Å². The number of aliphatic hydroxyl groups is 1. The van der Waals surface area contributed by atoms with E-state index in [9.17, 15) is 5.11 Å². The Labute approximate surface area is 217 Å². The Morgan fingerprint density at radius 1 is 0.676 bits per heavy atom. The zero-order valence-electron chi connectivity index (χ0n) is 20.9. The number of aliphatic hydroxyl groups excluding tert-OH is 1. The molecule has 6 rings (SSSR count). The van der Waals surface area contributed by atoms with E-state index in [2.05, 4.69) is 126 Å². The first kappa shape index (κ1) is 23.1. The highest BCUT2D eigenvalue weighted by Gasteiger charge is 2.23. The molecule has 0 saturated carbocycles. The van der Waals surface area contributed by atoms with Crippen LogP contribution in [0.1, 0.15) is 5.56 Å². The maximum atomic E-state index is 11.4. The Morgan fingerprint density at radius 2 is 1.32 bits per heavy atom. The summed E-state index contributed by atoms with van der Waals surface area (Å²) in [6.45, 7) is 3.02. The number of fused-ring (bicyclic) bond motifs is 3. The summed E-state index contributed by atoms with van der Waals surface area (Å²) in [5.41, 5.74) is 8.03. The first-order valence-corrected chi connectivity index (χ1v) is 12.8. The molecule has 2 N–H and O–H groups in total.